The van der Waals surface area contributed by atoms with E-state index >= 15 is 0 Å². The molecule has 0 fully saturated rings. The summed E-state index contributed by atoms with van der Waals surface area (Å²) < 4.78 is 12.9. The summed E-state index contributed by atoms with van der Waals surface area (Å²) in [4.78, 5) is 12.6. The minimum atomic E-state index is -1.24. The summed E-state index contributed by atoms with van der Waals surface area (Å²) in [7, 11) is 0. The lowest BCUT2D eigenvalue weighted by atomic mass is 9.96. The van der Waals surface area contributed by atoms with Crippen LogP contribution in [-0.2, 0) is 5.60 Å². The van der Waals surface area contributed by atoms with Gasteiger partial charge in [-0.05, 0) is 48.6 Å². The van der Waals surface area contributed by atoms with Gasteiger partial charge in [-0.1, -0.05) is 12.1 Å². The molecule has 0 radical (unpaired) electrons. The normalized spacial score (nSPS) is 13.8. The van der Waals surface area contributed by atoms with Gasteiger partial charge in [-0.15, -0.1) is 11.3 Å². The molecule has 0 aliphatic carbocycles. The Balaban J connectivity index is 2.04. The van der Waals surface area contributed by atoms with E-state index in [2.05, 4.69) is 5.32 Å². The number of amides is 1. The predicted molar refractivity (Wildman–Crippen MR) is 77.4 cm³/mol. The number of carbonyl (C=O) groups excluding carboxylic acids is 1. The van der Waals surface area contributed by atoms with Crippen LogP contribution in [0.3, 0.4) is 0 Å². The molecule has 20 heavy (non-hydrogen) atoms. The molecule has 2 aromatic rings. The molecule has 106 valence electrons. The Bertz CT molecular complexity index is 605. The lowest BCUT2D eigenvalue weighted by Crippen LogP contribution is -2.38. The number of hydrogen-bond acceptors (Lipinski definition) is 3. The average Bonchev–Trinajstić information content (AvgIpc) is 2.83. The van der Waals surface area contributed by atoms with E-state index in [0.29, 0.717) is 10.4 Å². The van der Waals surface area contributed by atoms with Crippen molar-refractivity contribution in [3.63, 3.8) is 0 Å². The van der Waals surface area contributed by atoms with E-state index in [0.717, 1.165) is 5.56 Å². The molecule has 1 heterocycles. The number of aliphatic hydroxyl groups is 1. The zero-order valence-electron chi connectivity index (χ0n) is 11.3. The quantitative estimate of drug-likeness (QED) is 0.910. The van der Waals surface area contributed by atoms with Crippen LogP contribution in [0.2, 0.25) is 0 Å². The highest BCUT2D eigenvalue weighted by molar-refractivity contribution is 7.12. The maximum Gasteiger partial charge on any atom is 0.261 e. The van der Waals surface area contributed by atoms with Crippen LogP contribution in [0, 0.1) is 12.7 Å². The molecule has 1 amide bonds. The minimum absolute atomic E-state index is 0.0643. The molecule has 1 unspecified atom stereocenters. The number of carbonyl (C=O) groups is 1. The van der Waals surface area contributed by atoms with Gasteiger partial charge in [0.2, 0.25) is 0 Å². The minimum Gasteiger partial charge on any atom is -0.384 e. The van der Waals surface area contributed by atoms with Crippen LogP contribution in [0.1, 0.15) is 27.7 Å². The summed E-state index contributed by atoms with van der Waals surface area (Å²) in [5.41, 5.74) is 0.227. The Morgan fingerprint density at radius 3 is 2.55 bits per heavy atom. The van der Waals surface area contributed by atoms with Gasteiger partial charge in [0.1, 0.15) is 11.4 Å². The van der Waals surface area contributed by atoms with Crippen molar-refractivity contribution in [2.24, 2.45) is 0 Å². The van der Waals surface area contributed by atoms with Crippen LogP contribution in [0.15, 0.2) is 35.7 Å². The highest BCUT2D eigenvalue weighted by Gasteiger charge is 2.24. The lowest BCUT2D eigenvalue weighted by Gasteiger charge is -2.24. The third-order valence-electron chi connectivity index (χ3n) is 3.13. The number of halogens is 1. The molecule has 0 saturated carbocycles. The second-order valence-corrected chi connectivity index (χ2v) is 5.81. The van der Waals surface area contributed by atoms with Gasteiger partial charge in [-0.25, -0.2) is 4.39 Å². The van der Waals surface area contributed by atoms with E-state index < -0.39 is 5.60 Å². The first-order chi connectivity index (χ1) is 9.40. The lowest BCUT2D eigenvalue weighted by molar-refractivity contribution is 0.0527. The molecular weight excluding hydrogens is 277 g/mol. The number of benzene rings is 1. The molecule has 0 spiro atoms. The molecular formula is C15H16FNO2S. The first-order valence-electron chi connectivity index (χ1n) is 6.21. The van der Waals surface area contributed by atoms with Gasteiger partial charge in [-0.3, -0.25) is 4.79 Å². The monoisotopic (exact) mass is 293 g/mol. The van der Waals surface area contributed by atoms with Crippen molar-refractivity contribution in [3.8, 4) is 0 Å². The van der Waals surface area contributed by atoms with E-state index in [1.165, 1.54) is 35.6 Å². The Hall–Kier alpha value is -1.72. The molecule has 2 rings (SSSR count). The first-order valence-corrected chi connectivity index (χ1v) is 7.09. The van der Waals surface area contributed by atoms with Gasteiger partial charge in [0, 0.05) is 0 Å². The average molecular weight is 293 g/mol. The van der Waals surface area contributed by atoms with Crippen molar-refractivity contribution >= 4 is 17.2 Å². The zero-order valence-corrected chi connectivity index (χ0v) is 12.1. The van der Waals surface area contributed by atoms with Gasteiger partial charge < -0.3 is 10.4 Å². The molecule has 3 nitrogen and oxygen atoms in total. The highest BCUT2D eigenvalue weighted by atomic mass is 32.1. The van der Waals surface area contributed by atoms with Gasteiger partial charge in [0.15, 0.2) is 0 Å². The van der Waals surface area contributed by atoms with Crippen molar-refractivity contribution in [1.82, 2.24) is 5.32 Å². The van der Waals surface area contributed by atoms with Gasteiger partial charge in [0.25, 0.3) is 5.91 Å². The molecule has 5 heteroatoms. The molecule has 0 saturated heterocycles. The number of aryl methyl sites for hydroxylation is 1. The number of rotatable bonds is 4. The van der Waals surface area contributed by atoms with Gasteiger partial charge >= 0.3 is 0 Å². The Morgan fingerprint density at radius 1 is 1.35 bits per heavy atom. The Labute approximate surface area is 121 Å². The SMILES string of the molecule is Cc1ccsc1C(=O)NCC(C)(O)c1ccc(F)cc1. The fourth-order valence-corrected chi connectivity index (χ4v) is 2.69. The molecule has 1 aromatic carbocycles. The van der Waals surface area contributed by atoms with E-state index in [1.807, 2.05) is 18.4 Å². The standard InChI is InChI=1S/C15H16FNO2S/c1-10-7-8-20-13(10)14(18)17-9-15(2,19)11-3-5-12(16)6-4-11/h3-8,19H,9H2,1-2H3,(H,17,18). The third-order valence-corrected chi connectivity index (χ3v) is 4.14. The molecule has 0 aliphatic heterocycles. The van der Waals surface area contributed by atoms with Crippen LogP contribution in [0.4, 0.5) is 4.39 Å². The van der Waals surface area contributed by atoms with Crippen LogP contribution >= 0.6 is 11.3 Å². The van der Waals surface area contributed by atoms with Crippen LogP contribution in [0.5, 0.6) is 0 Å². The third kappa shape index (κ3) is 3.23. The predicted octanol–water partition coefficient (Wildman–Crippen LogP) is 2.83. The summed E-state index contributed by atoms with van der Waals surface area (Å²) in [5.74, 6) is -0.567. The maximum absolute atomic E-state index is 12.9. The summed E-state index contributed by atoms with van der Waals surface area (Å²) in [6.07, 6.45) is 0. The van der Waals surface area contributed by atoms with E-state index in [9.17, 15) is 14.3 Å². The van der Waals surface area contributed by atoms with Crippen molar-refractivity contribution in [3.05, 3.63) is 57.5 Å². The number of thiophene rings is 1. The molecule has 1 atom stereocenters. The van der Waals surface area contributed by atoms with Crippen molar-refractivity contribution in [2.75, 3.05) is 6.54 Å². The van der Waals surface area contributed by atoms with Crippen LogP contribution in [-0.4, -0.2) is 17.6 Å². The molecule has 0 aliphatic rings. The van der Waals surface area contributed by atoms with Crippen molar-refractivity contribution in [1.29, 1.82) is 0 Å². The smallest absolute Gasteiger partial charge is 0.261 e. The maximum atomic E-state index is 12.9. The van der Waals surface area contributed by atoms with Crippen molar-refractivity contribution < 1.29 is 14.3 Å². The zero-order chi connectivity index (χ0) is 14.8. The fourth-order valence-electron chi connectivity index (χ4n) is 1.85. The number of nitrogens with one attached hydrogen (secondary N) is 1. The van der Waals surface area contributed by atoms with Crippen LogP contribution in [0.25, 0.3) is 0 Å². The van der Waals surface area contributed by atoms with E-state index in [1.54, 1.807) is 6.92 Å². The van der Waals surface area contributed by atoms with Crippen molar-refractivity contribution in [2.45, 2.75) is 19.4 Å². The molecule has 2 N–H and O–H groups in total. The van der Waals surface area contributed by atoms with E-state index in [-0.39, 0.29) is 18.3 Å². The summed E-state index contributed by atoms with van der Waals surface area (Å²) in [5, 5.41) is 14.9. The largest absolute Gasteiger partial charge is 0.384 e. The first kappa shape index (κ1) is 14.7. The fraction of sp³-hybridized carbons (Fsp3) is 0.267. The summed E-state index contributed by atoms with van der Waals surface area (Å²) in [6, 6.07) is 7.47. The Morgan fingerprint density at radius 2 is 2.00 bits per heavy atom. The topological polar surface area (TPSA) is 49.3 Å². The Kier molecular flexibility index (Phi) is 4.20. The van der Waals surface area contributed by atoms with Crippen LogP contribution < -0.4 is 5.32 Å². The van der Waals surface area contributed by atoms with Gasteiger partial charge in [-0.2, -0.15) is 0 Å². The number of hydrogen-bond donors (Lipinski definition) is 2. The second-order valence-electron chi connectivity index (χ2n) is 4.90. The molecule has 1 aromatic heterocycles. The van der Waals surface area contributed by atoms with Gasteiger partial charge in [0.05, 0.1) is 11.4 Å². The van der Waals surface area contributed by atoms with E-state index in [4.69, 9.17) is 0 Å². The molecule has 0 bridgehead atoms. The summed E-state index contributed by atoms with van der Waals surface area (Å²) >= 11 is 1.36. The second kappa shape index (κ2) is 5.73. The summed E-state index contributed by atoms with van der Waals surface area (Å²) in [6.45, 7) is 3.51. The highest BCUT2D eigenvalue weighted by Crippen LogP contribution is 2.21.